The molecule has 3 heteroatoms. The Hall–Kier alpha value is -1.79. The first-order valence-corrected chi connectivity index (χ1v) is 7.12. The van der Waals surface area contributed by atoms with Crippen LogP contribution in [-0.4, -0.2) is 23.7 Å². The summed E-state index contributed by atoms with van der Waals surface area (Å²) in [4.78, 5) is 12.3. The lowest BCUT2D eigenvalue weighted by atomic mass is 9.97. The molecule has 0 saturated heterocycles. The molecule has 20 heavy (non-hydrogen) atoms. The van der Waals surface area contributed by atoms with Crippen molar-refractivity contribution in [2.75, 3.05) is 6.61 Å². The van der Waals surface area contributed by atoms with Crippen LogP contribution in [0.2, 0.25) is 0 Å². The van der Waals surface area contributed by atoms with Crippen molar-refractivity contribution in [3.8, 4) is 11.8 Å². The molecule has 2 N–H and O–H groups in total. The van der Waals surface area contributed by atoms with E-state index in [4.69, 9.17) is 5.11 Å². The first kappa shape index (κ1) is 14.6. The molecule has 106 valence electrons. The van der Waals surface area contributed by atoms with E-state index in [0.29, 0.717) is 17.4 Å². The first-order valence-electron chi connectivity index (χ1n) is 7.12. The zero-order valence-corrected chi connectivity index (χ0v) is 12.0. The van der Waals surface area contributed by atoms with Gasteiger partial charge in [0.05, 0.1) is 0 Å². The van der Waals surface area contributed by atoms with Crippen LogP contribution in [0.15, 0.2) is 24.3 Å². The molecule has 1 saturated carbocycles. The minimum absolute atomic E-state index is 0.0383. The Balaban J connectivity index is 2.06. The predicted molar refractivity (Wildman–Crippen MR) is 79.2 cm³/mol. The number of benzene rings is 1. The topological polar surface area (TPSA) is 49.3 Å². The number of aliphatic hydroxyl groups is 1. The maximum absolute atomic E-state index is 12.3. The van der Waals surface area contributed by atoms with Crippen LogP contribution in [-0.2, 0) is 0 Å². The summed E-state index contributed by atoms with van der Waals surface area (Å²) in [7, 11) is 0. The SMILES string of the molecule is CC1CCC(NC(=O)c2cccc(C#CCO)c2)C1C. The Kier molecular flexibility index (Phi) is 4.81. The number of hydrogen-bond donors (Lipinski definition) is 2. The van der Waals surface area contributed by atoms with E-state index in [1.54, 1.807) is 12.1 Å². The van der Waals surface area contributed by atoms with Crippen LogP contribution < -0.4 is 5.32 Å². The monoisotopic (exact) mass is 271 g/mol. The number of rotatable bonds is 2. The Labute approximate surface area is 120 Å². The highest BCUT2D eigenvalue weighted by atomic mass is 16.2. The number of carbonyl (C=O) groups excluding carboxylic acids is 1. The van der Waals surface area contributed by atoms with Gasteiger partial charge in [-0.3, -0.25) is 4.79 Å². The van der Waals surface area contributed by atoms with Gasteiger partial charge < -0.3 is 10.4 Å². The van der Waals surface area contributed by atoms with Crippen molar-refractivity contribution in [2.24, 2.45) is 11.8 Å². The van der Waals surface area contributed by atoms with Gasteiger partial charge in [-0.1, -0.05) is 31.8 Å². The molecule has 0 aromatic heterocycles. The molecule has 3 atom stereocenters. The fraction of sp³-hybridized carbons (Fsp3) is 0.471. The van der Waals surface area contributed by atoms with Crippen LogP contribution >= 0.6 is 0 Å². The zero-order chi connectivity index (χ0) is 14.5. The molecule has 3 nitrogen and oxygen atoms in total. The van der Waals surface area contributed by atoms with Crippen LogP contribution in [0.4, 0.5) is 0 Å². The fourth-order valence-corrected chi connectivity index (χ4v) is 2.70. The van der Waals surface area contributed by atoms with Gasteiger partial charge in [-0.2, -0.15) is 0 Å². The summed E-state index contributed by atoms with van der Waals surface area (Å²) in [5, 5.41) is 11.8. The van der Waals surface area contributed by atoms with Gasteiger partial charge in [0.25, 0.3) is 5.91 Å². The second-order valence-electron chi connectivity index (χ2n) is 5.53. The van der Waals surface area contributed by atoms with Gasteiger partial charge in [0, 0.05) is 17.2 Å². The highest BCUT2D eigenvalue weighted by Crippen LogP contribution is 2.31. The molecule has 0 spiro atoms. The Bertz CT molecular complexity index is 541. The molecule has 1 aromatic rings. The van der Waals surface area contributed by atoms with E-state index in [0.717, 1.165) is 12.0 Å². The summed E-state index contributed by atoms with van der Waals surface area (Å²) in [5.74, 6) is 6.56. The second-order valence-corrected chi connectivity index (χ2v) is 5.53. The molecule has 2 rings (SSSR count). The van der Waals surface area contributed by atoms with Gasteiger partial charge >= 0.3 is 0 Å². The quantitative estimate of drug-likeness (QED) is 0.810. The normalized spacial score (nSPS) is 24.9. The van der Waals surface area contributed by atoms with Gasteiger partial charge in [-0.25, -0.2) is 0 Å². The Morgan fingerprint density at radius 1 is 1.40 bits per heavy atom. The van der Waals surface area contributed by atoms with Crippen molar-refractivity contribution in [1.82, 2.24) is 5.32 Å². The fourth-order valence-electron chi connectivity index (χ4n) is 2.70. The largest absolute Gasteiger partial charge is 0.384 e. The molecular weight excluding hydrogens is 250 g/mol. The third-order valence-electron chi connectivity index (χ3n) is 4.22. The summed E-state index contributed by atoms with van der Waals surface area (Å²) >= 11 is 0. The molecule has 3 unspecified atom stereocenters. The number of nitrogens with one attached hydrogen (secondary N) is 1. The van der Waals surface area contributed by atoms with Gasteiger partial charge in [0.2, 0.25) is 0 Å². The first-order chi connectivity index (χ1) is 9.61. The molecular formula is C17H21NO2. The van der Waals surface area contributed by atoms with E-state index < -0.39 is 0 Å². The summed E-state index contributed by atoms with van der Waals surface area (Å²) in [6.45, 7) is 4.27. The van der Waals surface area contributed by atoms with Gasteiger partial charge in [-0.05, 0) is 42.9 Å². The molecule has 1 amide bonds. The maximum atomic E-state index is 12.3. The number of amides is 1. The third kappa shape index (κ3) is 3.40. The van der Waals surface area contributed by atoms with Crippen molar-refractivity contribution >= 4 is 5.91 Å². The minimum Gasteiger partial charge on any atom is -0.384 e. The van der Waals surface area contributed by atoms with Crippen molar-refractivity contribution in [2.45, 2.75) is 32.7 Å². The third-order valence-corrected chi connectivity index (χ3v) is 4.22. The van der Waals surface area contributed by atoms with Crippen molar-refractivity contribution in [3.05, 3.63) is 35.4 Å². The standard InChI is InChI=1S/C17H21NO2/c1-12-8-9-16(13(12)2)18-17(20)15-7-3-5-14(11-15)6-4-10-19/h3,5,7,11-13,16,19H,8-10H2,1-2H3,(H,18,20). The Morgan fingerprint density at radius 2 is 2.20 bits per heavy atom. The smallest absolute Gasteiger partial charge is 0.251 e. The van der Waals surface area contributed by atoms with E-state index in [1.165, 1.54) is 6.42 Å². The molecule has 0 radical (unpaired) electrons. The summed E-state index contributed by atoms with van der Waals surface area (Å²) in [6.07, 6.45) is 2.23. The van der Waals surface area contributed by atoms with Crippen LogP contribution in [0.5, 0.6) is 0 Å². The lowest BCUT2D eigenvalue weighted by Crippen LogP contribution is -2.37. The molecule has 1 aliphatic carbocycles. The van der Waals surface area contributed by atoms with Crippen molar-refractivity contribution in [1.29, 1.82) is 0 Å². The van der Waals surface area contributed by atoms with Crippen LogP contribution in [0, 0.1) is 23.7 Å². The van der Waals surface area contributed by atoms with E-state index in [9.17, 15) is 4.79 Å². The van der Waals surface area contributed by atoms with E-state index >= 15 is 0 Å². The minimum atomic E-state index is -0.173. The summed E-state index contributed by atoms with van der Waals surface area (Å²) in [6, 6.07) is 7.48. The highest BCUT2D eigenvalue weighted by molar-refractivity contribution is 5.94. The molecule has 1 fully saturated rings. The lowest BCUT2D eigenvalue weighted by molar-refractivity contribution is 0.0927. The van der Waals surface area contributed by atoms with Gasteiger partial charge in [0.15, 0.2) is 0 Å². The molecule has 0 heterocycles. The molecule has 0 aliphatic heterocycles. The number of aliphatic hydroxyl groups excluding tert-OH is 1. The number of hydrogen-bond acceptors (Lipinski definition) is 2. The van der Waals surface area contributed by atoms with Crippen molar-refractivity contribution < 1.29 is 9.90 Å². The Morgan fingerprint density at radius 3 is 2.85 bits per heavy atom. The van der Waals surface area contributed by atoms with Crippen LogP contribution in [0.25, 0.3) is 0 Å². The highest BCUT2D eigenvalue weighted by Gasteiger charge is 2.30. The molecule has 1 aromatic carbocycles. The van der Waals surface area contributed by atoms with Gasteiger partial charge in [0.1, 0.15) is 6.61 Å². The van der Waals surface area contributed by atoms with E-state index in [-0.39, 0.29) is 18.6 Å². The zero-order valence-electron chi connectivity index (χ0n) is 12.0. The summed E-state index contributed by atoms with van der Waals surface area (Å²) in [5.41, 5.74) is 1.38. The van der Waals surface area contributed by atoms with Crippen LogP contribution in [0.3, 0.4) is 0 Å². The van der Waals surface area contributed by atoms with Gasteiger partial charge in [-0.15, -0.1) is 0 Å². The number of carbonyl (C=O) groups is 1. The second kappa shape index (κ2) is 6.58. The average molecular weight is 271 g/mol. The molecule has 0 bridgehead atoms. The summed E-state index contributed by atoms with van der Waals surface area (Å²) < 4.78 is 0. The average Bonchev–Trinajstić information content (AvgIpc) is 2.77. The van der Waals surface area contributed by atoms with E-state index in [2.05, 4.69) is 31.0 Å². The maximum Gasteiger partial charge on any atom is 0.251 e. The molecule has 1 aliphatic rings. The predicted octanol–water partition coefficient (Wildman–Crippen LogP) is 2.19. The lowest BCUT2D eigenvalue weighted by Gasteiger charge is -2.19. The van der Waals surface area contributed by atoms with Crippen LogP contribution in [0.1, 0.15) is 42.6 Å². The van der Waals surface area contributed by atoms with Crippen molar-refractivity contribution in [3.63, 3.8) is 0 Å². The van der Waals surface area contributed by atoms with E-state index in [1.807, 2.05) is 12.1 Å².